The maximum absolute atomic E-state index is 16.8. The van der Waals surface area contributed by atoms with Gasteiger partial charge in [0.1, 0.15) is 0 Å². The van der Waals surface area contributed by atoms with Crippen LogP contribution in [0.25, 0.3) is 131 Å². The molecule has 0 aliphatic heterocycles. The Labute approximate surface area is 385 Å². The van der Waals surface area contributed by atoms with Gasteiger partial charge < -0.3 is 9.13 Å². The normalized spacial score (nSPS) is 12.1. The molecule has 320 valence electrons. The van der Waals surface area contributed by atoms with Gasteiger partial charge in [-0.1, -0.05) is 146 Å². The van der Waals surface area contributed by atoms with Gasteiger partial charge in [-0.05, 0) is 126 Å². The van der Waals surface area contributed by atoms with Crippen molar-refractivity contribution in [1.82, 2.24) is 9.13 Å². The molecular weight excluding hydrogens is 849 g/mol. The predicted octanol–water partition coefficient (Wildman–Crippen LogP) is 17.5. The molecule has 0 amide bonds. The fourth-order valence-electron chi connectivity index (χ4n) is 11.3. The van der Waals surface area contributed by atoms with Crippen LogP contribution in [0.15, 0.2) is 206 Å². The first-order chi connectivity index (χ1) is 33.4. The van der Waals surface area contributed by atoms with E-state index in [-0.39, 0.29) is 21.5 Å². The summed E-state index contributed by atoms with van der Waals surface area (Å²) < 4.78 is 69.7. The molecule has 14 aromatic rings. The maximum atomic E-state index is 16.8. The molecule has 68 heavy (non-hydrogen) atoms. The first-order valence-electron chi connectivity index (χ1n) is 22.6. The van der Waals surface area contributed by atoms with Crippen LogP contribution in [-0.4, -0.2) is 9.13 Å². The molecule has 0 bridgehead atoms. The average molecular weight is 883 g/mol. The summed E-state index contributed by atoms with van der Waals surface area (Å²) in [4.78, 5) is 0. The quantitative estimate of drug-likeness (QED) is 0.0721. The molecule has 0 N–H and O–H groups in total. The van der Waals surface area contributed by atoms with Gasteiger partial charge in [-0.2, -0.15) is 0 Å². The number of fused-ring (bicyclic) bond motifs is 16. The predicted molar refractivity (Wildman–Crippen MR) is 273 cm³/mol. The van der Waals surface area contributed by atoms with Crippen LogP contribution in [0.5, 0.6) is 0 Å². The van der Waals surface area contributed by atoms with Crippen LogP contribution in [0, 0.1) is 23.3 Å². The van der Waals surface area contributed by atoms with Crippen molar-refractivity contribution in [3.63, 3.8) is 0 Å². The summed E-state index contributed by atoms with van der Waals surface area (Å²) in [6, 6.07) is 69.1. The molecule has 0 aliphatic carbocycles. The van der Waals surface area contributed by atoms with E-state index in [0.717, 1.165) is 98.8 Å². The van der Waals surface area contributed by atoms with Gasteiger partial charge in [0.05, 0.1) is 22.1 Å². The summed E-state index contributed by atoms with van der Waals surface area (Å²) in [7, 11) is 0. The first-order valence-corrected chi connectivity index (χ1v) is 22.6. The molecule has 0 saturated heterocycles. The van der Waals surface area contributed by atoms with Crippen molar-refractivity contribution in [1.29, 1.82) is 0 Å². The van der Waals surface area contributed by atoms with Gasteiger partial charge in [0.2, 0.25) is 0 Å². The molecule has 2 aromatic heterocycles. The third kappa shape index (κ3) is 5.28. The van der Waals surface area contributed by atoms with Crippen LogP contribution in [0.3, 0.4) is 0 Å². The molecule has 12 aromatic carbocycles. The van der Waals surface area contributed by atoms with Crippen LogP contribution >= 0.6 is 0 Å². The van der Waals surface area contributed by atoms with E-state index in [1.54, 1.807) is 0 Å². The highest BCUT2D eigenvalue weighted by Gasteiger charge is 2.28. The van der Waals surface area contributed by atoms with Crippen molar-refractivity contribution >= 4 is 97.5 Å². The van der Waals surface area contributed by atoms with E-state index < -0.39 is 23.3 Å². The zero-order valence-electron chi connectivity index (χ0n) is 36.0. The molecule has 14 rings (SSSR count). The second-order valence-corrected chi connectivity index (χ2v) is 17.6. The van der Waals surface area contributed by atoms with E-state index >= 15 is 17.6 Å². The van der Waals surface area contributed by atoms with Gasteiger partial charge in [-0.3, -0.25) is 0 Å². The van der Waals surface area contributed by atoms with E-state index in [1.165, 1.54) is 0 Å². The number of aromatic nitrogens is 2. The first kappa shape index (κ1) is 38.5. The van der Waals surface area contributed by atoms with Gasteiger partial charge >= 0.3 is 0 Å². The Hall–Kier alpha value is -8.74. The summed E-state index contributed by atoms with van der Waals surface area (Å²) in [5.74, 6) is -6.55. The number of para-hydroxylation sites is 4. The highest BCUT2D eigenvalue weighted by Crippen LogP contribution is 2.49. The molecule has 2 heterocycles. The Kier molecular flexibility index (Phi) is 8.15. The topological polar surface area (TPSA) is 9.86 Å². The standard InChI is InChI=1S/C62H34F4N2/c63-59-57-49-33-47(35-25-29-37(30-26-35)67-51-21-9-5-15-41(51)42-16-6-10-22-52(42)67)39-13-1-3-19-45(39)55(49)56-46-20-4-2-14-40(46)48(34-50(56)58(57)60(64)62(66)61(59)65)36-27-31-38(32-28-36)68-53-23-11-7-17-43(53)44-18-8-12-24-54(44)68/h1-34H. The lowest BCUT2D eigenvalue weighted by atomic mass is 9.83. The summed E-state index contributed by atoms with van der Waals surface area (Å²) in [5, 5.41) is 9.13. The molecule has 0 saturated carbocycles. The molecule has 2 nitrogen and oxygen atoms in total. The second-order valence-electron chi connectivity index (χ2n) is 17.6. The van der Waals surface area contributed by atoms with E-state index in [9.17, 15) is 0 Å². The monoisotopic (exact) mass is 882 g/mol. The lowest BCUT2D eigenvalue weighted by molar-refractivity contribution is 0.418. The van der Waals surface area contributed by atoms with E-state index in [1.807, 2.05) is 133 Å². The van der Waals surface area contributed by atoms with E-state index in [2.05, 4.69) is 81.9 Å². The van der Waals surface area contributed by atoms with Gasteiger partial charge in [-0.15, -0.1) is 0 Å². The fraction of sp³-hybridized carbons (Fsp3) is 0. The van der Waals surface area contributed by atoms with Crippen LogP contribution in [0.4, 0.5) is 17.6 Å². The lowest BCUT2D eigenvalue weighted by Crippen LogP contribution is -2.01. The van der Waals surface area contributed by atoms with Crippen molar-refractivity contribution in [2.45, 2.75) is 0 Å². The largest absolute Gasteiger partial charge is 0.309 e. The summed E-state index contributed by atoms with van der Waals surface area (Å²) in [5.41, 5.74) is 9.38. The highest BCUT2D eigenvalue weighted by atomic mass is 19.2. The SMILES string of the molecule is Fc1c(F)c(F)c2c3cc(-c4ccc(-n5c6ccccc6c6ccccc65)cc4)c4ccccc4c3c3c4ccccc4c(-c4ccc(-n5c6ccccc6c6ccccc65)cc4)cc3c2c1F. The van der Waals surface area contributed by atoms with Crippen LogP contribution in [0.2, 0.25) is 0 Å². The van der Waals surface area contributed by atoms with Crippen molar-refractivity contribution in [2.24, 2.45) is 0 Å². The molecule has 0 radical (unpaired) electrons. The number of benzene rings is 12. The smallest absolute Gasteiger partial charge is 0.198 e. The van der Waals surface area contributed by atoms with Crippen molar-refractivity contribution in [3.8, 4) is 33.6 Å². The van der Waals surface area contributed by atoms with Gasteiger partial charge in [0, 0.05) is 43.7 Å². The van der Waals surface area contributed by atoms with Crippen molar-refractivity contribution in [2.75, 3.05) is 0 Å². The number of rotatable bonds is 4. The van der Waals surface area contributed by atoms with Crippen LogP contribution in [0.1, 0.15) is 0 Å². The minimum absolute atomic E-state index is 0.288. The Bertz CT molecular complexity index is 4070. The summed E-state index contributed by atoms with van der Waals surface area (Å²) >= 11 is 0. The molecule has 6 heteroatoms. The van der Waals surface area contributed by atoms with Gasteiger partial charge in [-0.25, -0.2) is 17.6 Å². The maximum Gasteiger partial charge on any atom is 0.198 e. The zero-order chi connectivity index (χ0) is 45.4. The molecule has 0 unspecified atom stereocenters. The number of nitrogens with zero attached hydrogens (tertiary/aromatic N) is 2. The highest BCUT2D eigenvalue weighted by molar-refractivity contribution is 6.38. The number of halogens is 4. The Morgan fingerprint density at radius 3 is 0.838 bits per heavy atom. The number of hydrogen-bond donors (Lipinski definition) is 0. The third-order valence-electron chi connectivity index (χ3n) is 14.2. The van der Waals surface area contributed by atoms with Crippen molar-refractivity contribution < 1.29 is 17.6 Å². The molecular formula is C62H34F4N2. The Morgan fingerprint density at radius 2 is 0.515 bits per heavy atom. The summed E-state index contributed by atoms with van der Waals surface area (Å²) in [6.45, 7) is 0. The summed E-state index contributed by atoms with van der Waals surface area (Å²) in [6.07, 6.45) is 0. The number of hydrogen-bond acceptors (Lipinski definition) is 0. The van der Waals surface area contributed by atoms with E-state index in [4.69, 9.17) is 0 Å². The van der Waals surface area contributed by atoms with Crippen molar-refractivity contribution in [3.05, 3.63) is 230 Å². The molecule has 0 atom stereocenters. The van der Waals surface area contributed by atoms with Gasteiger partial charge in [0.25, 0.3) is 0 Å². The average Bonchev–Trinajstić information content (AvgIpc) is 3.92. The molecule has 0 fully saturated rings. The lowest BCUT2D eigenvalue weighted by Gasteiger charge is -2.20. The fourth-order valence-corrected chi connectivity index (χ4v) is 11.3. The Morgan fingerprint density at radius 1 is 0.235 bits per heavy atom. The molecule has 0 spiro atoms. The van der Waals surface area contributed by atoms with Crippen LogP contribution < -0.4 is 0 Å². The van der Waals surface area contributed by atoms with E-state index in [0.29, 0.717) is 10.8 Å². The third-order valence-corrected chi connectivity index (χ3v) is 14.2. The minimum Gasteiger partial charge on any atom is -0.309 e. The van der Waals surface area contributed by atoms with Crippen LogP contribution in [-0.2, 0) is 0 Å². The van der Waals surface area contributed by atoms with Gasteiger partial charge in [0.15, 0.2) is 23.3 Å². The second kappa shape index (κ2) is 14.4. The minimum atomic E-state index is -1.84. The zero-order valence-corrected chi connectivity index (χ0v) is 36.0. The Balaban J connectivity index is 1.02. The molecule has 0 aliphatic rings.